The summed E-state index contributed by atoms with van der Waals surface area (Å²) in [4.78, 5) is 24.6. The second kappa shape index (κ2) is 4.42. The van der Waals surface area contributed by atoms with Crippen LogP contribution in [0.25, 0.3) is 0 Å². The highest BCUT2D eigenvalue weighted by atomic mass is 16.3. The molecule has 0 saturated heterocycles. The fraction of sp³-hybridized carbons (Fsp3) is 0.250. The quantitative estimate of drug-likeness (QED) is 0.566. The van der Waals surface area contributed by atoms with E-state index in [4.69, 9.17) is 5.11 Å². The number of amides is 1. The Morgan fingerprint density at radius 2 is 2.38 bits per heavy atom. The molecule has 3 N–H and O–H groups in total. The first kappa shape index (κ1) is 9.47. The fourth-order valence-electron chi connectivity index (χ4n) is 0.865. The molecule has 0 unspecified atom stereocenters. The molecule has 5 nitrogen and oxygen atoms in total. The normalized spacial score (nSPS) is 9.62. The first-order valence-electron chi connectivity index (χ1n) is 3.82. The van der Waals surface area contributed by atoms with Gasteiger partial charge in [-0.05, 0) is 12.1 Å². The van der Waals surface area contributed by atoms with Crippen molar-refractivity contribution in [1.82, 2.24) is 10.3 Å². The number of aliphatic hydroxyl groups excluding tert-OH is 1. The van der Waals surface area contributed by atoms with Gasteiger partial charge in [-0.15, -0.1) is 0 Å². The van der Waals surface area contributed by atoms with Crippen LogP contribution in [0.4, 0.5) is 0 Å². The molecule has 0 radical (unpaired) electrons. The average Bonchev–Trinajstić information content (AvgIpc) is 2.15. The van der Waals surface area contributed by atoms with Gasteiger partial charge in [0.15, 0.2) is 0 Å². The molecule has 0 aliphatic heterocycles. The Hall–Kier alpha value is -1.62. The molecule has 0 aromatic carbocycles. The Bertz CT molecular complexity index is 345. The van der Waals surface area contributed by atoms with E-state index in [0.717, 1.165) is 0 Å². The zero-order valence-electron chi connectivity index (χ0n) is 6.91. The first-order chi connectivity index (χ1) is 6.25. The molecule has 5 heteroatoms. The van der Waals surface area contributed by atoms with Gasteiger partial charge in [-0.2, -0.15) is 0 Å². The minimum atomic E-state index is -0.476. The number of pyridine rings is 1. The van der Waals surface area contributed by atoms with Crippen molar-refractivity contribution < 1.29 is 9.90 Å². The van der Waals surface area contributed by atoms with Crippen molar-refractivity contribution in [3.8, 4) is 0 Å². The molecule has 1 aromatic rings. The van der Waals surface area contributed by atoms with Crippen molar-refractivity contribution in [3.63, 3.8) is 0 Å². The Balaban J connectivity index is 2.77. The third kappa shape index (κ3) is 2.41. The number of hydrogen-bond acceptors (Lipinski definition) is 3. The summed E-state index contributed by atoms with van der Waals surface area (Å²) < 4.78 is 0. The van der Waals surface area contributed by atoms with Gasteiger partial charge < -0.3 is 15.4 Å². The smallest absolute Gasteiger partial charge is 0.260 e. The highest BCUT2D eigenvalue weighted by Gasteiger charge is 2.07. The molecule has 0 aliphatic carbocycles. The molecule has 1 heterocycles. The van der Waals surface area contributed by atoms with Crippen molar-refractivity contribution in [2.45, 2.75) is 0 Å². The van der Waals surface area contributed by atoms with Crippen LogP contribution in [0.3, 0.4) is 0 Å². The molecule has 1 amide bonds. The van der Waals surface area contributed by atoms with Gasteiger partial charge in [0.2, 0.25) is 0 Å². The maximum absolute atomic E-state index is 11.2. The number of aromatic nitrogens is 1. The van der Waals surface area contributed by atoms with Gasteiger partial charge in [0.05, 0.1) is 6.61 Å². The number of rotatable bonds is 3. The third-order valence-corrected chi connectivity index (χ3v) is 1.46. The molecule has 0 bridgehead atoms. The van der Waals surface area contributed by atoms with E-state index in [1.807, 2.05) is 0 Å². The zero-order valence-corrected chi connectivity index (χ0v) is 6.91. The molecular weight excluding hydrogens is 172 g/mol. The van der Waals surface area contributed by atoms with Crippen molar-refractivity contribution in [3.05, 3.63) is 34.2 Å². The van der Waals surface area contributed by atoms with E-state index in [2.05, 4.69) is 10.3 Å². The van der Waals surface area contributed by atoms with E-state index in [1.165, 1.54) is 12.3 Å². The van der Waals surface area contributed by atoms with Crippen molar-refractivity contribution >= 4 is 5.91 Å². The van der Waals surface area contributed by atoms with Crippen molar-refractivity contribution in [2.75, 3.05) is 13.2 Å². The van der Waals surface area contributed by atoms with E-state index in [0.29, 0.717) is 0 Å². The molecule has 0 atom stereocenters. The lowest BCUT2D eigenvalue weighted by atomic mass is 10.2. The molecule has 0 aliphatic rings. The molecule has 13 heavy (non-hydrogen) atoms. The van der Waals surface area contributed by atoms with E-state index in [-0.39, 0.29) is 18.7 Å². The highest BCUT2D eigenvalue weighted by Crippen LogP contribution is 1.87. The van der Waals surface area contributed by atoms with Crippen LogP contribution in [0.1, 0.15) is 10.4 Å². The lowest BCUT2D eigenvalue weighted by Crippen LogP contribution is -2.31. The second-order valence-electron chi connectivity index (χ2n) is 2.39. The topological polar surface area (TPSA) is 82.2 Å². The van der Waals surface area contributed by atoms with Crippen LogP contribution in [0.2, 0.25) is 0 Å². The minimum absolute atomic E-state index is 0.0518. The summed E-state index contributed by atoms with van der Waals surface area (Å²) in [5.41, 5.74) is -0.381. The van der Waals surface area contributed by atoms with Gasteiger partial charge >= 0.3 is 0 Å². The largest absolute Gasteiger partial charge is 0.395 e. The average molecular weight is 182 g/mol. The summed E-state index contributed by atoms with van der Waals surface area (Å²) in [6.45, 7) is 0.00362. The van der Waals surface area contributed by atoms with E-state index < -0.39 is 11.5 Å². The second-order valence-corrected chi connectivity index (χ2v) is 2.39. The number of nitrogens with one attached hydrogen (secondary N) is 2. The predicted molar refractivity (Wildman–Crippen MR) is 46.5 cm³/mol. The Kier molecular flexibility index (Phi) is 3.22. The maximum atomic E-state index is 11.2. The maximum Gasteiger partial charge on any atom is 0.260 e. The predicted octanol–water partition coefficient (Wildman–Crippen LogP) is -0.903. The number of aliphatic hydroxyl groups is 1. The Morgan fingerprint density at radius 3 is 3.00 bits per heavy atom. The van der Waals surface area contributed by atoms with Gasteiger partial charge in [0, 0.05) is 12.7 Å². The van der Waals surface area contributed by atoms with Crippen LogP contribution in [0, 0.1) is 0 Å². The van der Waals surface area contributed by atoms with Crippen LogP contribution >= 0.6 is 0 Å². The lowest BCUT2D eigenvalue weighted by molar-refractivity contribution is 0.0943. The number of H-pyrrole nitrogens is 1. The summed E-state index contributed by atoms with van der Waals surface area (Å²) in [5, 5.41) is 10.8. The molecule has 70 valence electrons. The molecule has 0 saturated carbocycles. The summed E-state index contributed by atoms with van der Waals surface area (Å²) >= 11 is 0. The summed E-state index contributed by atoms with van der Waals surface area (Å²) in [6.07, 6.45) is 1.45. The van der Waals surface area contributed by atoms with Crippen LogP contribution in [-0.4, -0.2) is 29.1 Å². The lowest BCUT2D eigenvalue weighted by Gasteiger charge is -2.00. The van der Waals surface area contributed by atoms with Crippen LogP contribution in [-0.2, 0) is 0 Å². The van der Waals surface area contributed by atoms with Crippen molar-refractivity contribution in [1.29, 1.82) is 0 Å². The van der Waals surface area contributed by atoms with Crippen LogP contribution < -0.4 is 10.9 Å². The van der Waals surface area contributed by atoms with Gasteiger partial charge in [0.25, 0.3) is 11.5 Å². The fourth-order valence-corrected chi connectivity index (χ4v) is 0.865. The summed E-state index contributed by atoms with van der Waals surface area (Å²) in [7, 11) is 0. The van der Waals surface area contributed by atoms with Crippen LogP contribution in [0.15, 0.2) is 23.1 Å². The van der Waals surface area contributed by atoms with Gasteiger partial charge in [-0.1, -0.05) is 0 Å². The van der Waals surface area contributed by atoms with Gasteiger partial charge in [0.1, 0.15) is 5.56 Å². The SMILES string of the molecule is O=C(NCCO)c1ccc[nH]c1=O. The van der Waals surface area contributed by atoms with E-state index in [9.17, 15) is 9.59 Å². The standard InChI is InChI=1S/C8H10N2O3/c11-5-4-10-8(13)6-2-1-3-9-7(6)12/h1-3,11H,4-5H2,(H,9,12)(H,10,13). The number of hydrogen-bond donors (Lipinski definition) is 3. The highest BCUT2D eigenvalue weighted by molar-refractivity contribution is 5.93. The summed E-state index contributed by atoms with van der Waals surface area (Å²) in [5.74, 6) is -0.476. The Labute approximate surface area is 74.4 Å². The first-order valence-corrected chi connectivity index (χ1v) is 3.82. The number of carbonyl (C=O) groups excluding carboxylic acids is 1. The third-order valence-electron chi connectivity index (χ3n) is 1.46. The van der Waals surface area contributed by atoms with Gasteiger partial charge in [-0.25, -0.2) is 0 Å². The van der Waals surface area contributed by atoms with E-state index in [1.54, 1.807) is 6.07 Å². The Morgan fingerprint density at radius 1 is 1.62 bits per heavy atom. The summed E-state index contributed by atoms with van der Waals surface area (Å²) in [6, 6.07) is 2.99. The van der Waals surface area contributed by atoms with Crippen molar-refractivity contribution in [2.24, 2.45) is 0 Å². The molecule has 0 spiro atoms. The molecular formula is C8H10N2O3. The molecule has 0 fully saturated rings. The van der Waals surface area contributed by atoms with Gasteiger partial charge in [-0.3, -0.25) is 9.59 Å². The number of aromatic amines is 1. The zero-order chi connectivity index (χ0) is 9.68. The monoisotopic (exact) mass is 182 g/mol. The molecule has 1 rings (SSSR count). The van der Waals surface area contributed by atoms with E-state index >= 15 is 0 Å². The van der Waals surface area contributed by atoms with Crippen LogP contribution in [0.5, 0.6) is 0 Å². The minimum Gasteiger partial charge on any atom is -0.395 e. The molecule has 1 aromatic heterocycles. The number of carbonyl (C=O) groups is 1.